The molecule has 0 saturated carbocycles. The van der Waals surface area contributed by atoms with Crippen molar-refractivity contribution >= 4 is 21.2 Å². The van der Waals surface area contributed by atoms with E-state index < -0.39 is 51.9 Å². The molecule has 3 heterocycles. The minimum Gasteiger partial charge on any atom is -0.434 e. The van der Waals surface area contributed by atoms with E-state index >= 15 is 0 Å². The number of anilines is 1. The fourth-order valence-electron chi connectivity index (χ4n) is 3.53. The summed E-state index contributed by atoms with van der Waals surface area (Å²) in [6.45, 7) is -6.20. The second-order valence-corrected chi connectivity index (χ2v) is 9.84. The van der Waals surface area contributed by atoms with Crippen molar-refractivity contribution in [2.45, 2.75) is 23.0 Å². The summed E-state index contributed by atoms with van der Waals surface area (Å²) in [5.74, 6) is -0.435. The lowest BCUT2D eigenvalue weighted by Gasteiger charge is -2.16. The highest BCUT2D eigenvalue weighted by atomic mass is 32.2. The van der Waals surface area contributed by atoms with Crippen LogP contribution in [0.3, 0.4) is 0 Å². The fraction of sp³-hybridized carbons (Fsp3) is 0.286. The number of rotatable bonds is 10. The maximum Gasteiger partial charge on any atom is 0.387 e. The molecule has 10 nitrogen and oxygen atoms in total. The van der Waals surface area contributed by atoms with Gasteiger partial charge >= 0.3 is 6.61 Å². The van der Waals surface area contributed by atoms with Crippen LogP contribution in [0, 0.1) is 0 Å². The molecule has 15 heteroatoms. The maximum atomic E-state index is 13.2. The van der Waals surface area contributed by atoms with Crippen molar-refractivity contribution < 1.29 is 35.8 Å². The Bertz CT molecular complexity index is 1470. The van der Waals surface area contributed by atoms with Crippen molar-refractivity contribution in [1.29, 1.82) is 0 Å². The van der Waals surface area contributed by atoms with Gasteiger partial charge in [-0.3, -0.25) is 4.68 Å². The molecular formula is C21H20F4N6O4S. The normalized spacial score (nSPS) is 13.0. The molecule has 0 spiro atoms. The average molecular weight is 528 g/mol. The Morgan fingerprint density at radius 2 is 1.97 bits per heavy atom. The number of aryl methyl sites for hydroxylation is 1. The summed E-state index contributed by atoms with van der Waals surface area (Å²) < 4.78 is 85.2. The van der Waals surface area contributed by atoms with Gasteiger partial charge in [0.05, 0.1) is 22.3 Å². The van der Waals surface area contributed by atoms with E-state index in [1.807, 2.05) is 0 Å². The Labute approximate surface area is 202 Å². The molecule has 0 aliphatic carbocycles. The molecule has 0 aliphatic heterocycles. The fourth-order valence-corrected chi connectivity index (χ4v) is 4.78. The lowest BCUT2D eigenvalue weighted by molar-refractivity contribution is -0.0494. The summed E-state index contributed by atoms with van der Waals surface area (Å²) in [5.41, 5.74) is 0.481. The second-order valence-electron chi connectivity index (χ2n) is 7.61. The predicted molar refractivity (Wildman–Crippen MR) is 120 cm³/mol. The van der Waals surface area contributed by atoms with E-state index in [-0.39, 0.29) is 16.9 Å². The molecule has 0 saturated heterocycles. The third kappa shape index (κ3) is 4.83. The number of aliphatic hydroxyl groups is 1. The summed E-state index contributed by atoms with van der Waals surface area (Å²) in [4.78, 5) is 3.65. The van der Waals surface area contributed by atoms with Crippen molar-refractivity contribution in [3.63, 3.8) is 0 Å². The van der Waals surface area contributed by atoms with E-state index in [1.165, 1.54) is 34.8 Å². The number of benzene rings is 1. The van der Waals surface area contributed by atoms with Gasteiger partial charge in [0, 0.05) is 31.2 Å². The van der Waals surface area contributed by atoms with Gasteiger partial charge in [-0.1, -0.05) is 0 Å². The minimum atomic E-state index is -4.48. The van der Waals surface area contributed by atoms with Crippen LogP contribution < -0.4 is 10.1 Å². The monoisotopic (exact) mass is 528 g/mol. The van der Waals surface area contributed by atoms with Crippen LogP contribution >= 0.6 is 0 Å². The molecule has 0 amide bonds. The molecule has 2 N–H and O–H groups in total. The molecule has 0 aliphatic rings. The number of hydrogen-bond donors (Lipinski definition) is 2. The topological polar surface area (TPSA) is 124 Å². The van der Waals surface area contributed by atoms with Crippen molar-refractivity contribution in [1.82, 2.24) is 24.4 Å². The molecule has 3 aromatic heterocycles. The molecule has 36 heavy (non-hydrogen) atoms. The minimum absolute atomic E-state index is 0.0641. The van der Waals surface area contributed by atoms with E-state index in [4.69, 9.17) is 0 Å². The van der Waals surface area contributed by atoms with Crippen LogP contribution in [0.2, 0.25) is 0 Å². The van der Waals surface area contributed by atoms with E-state index in [2.05, 4.69) is 25.2 Å². The van der Waals surface area contributed by atoms with Gasteiger partial charge in [-0.25, -0.2) is 26.7 Å². The van der Waals surface area contributed by atoms with Gasteiger partial charge in [-0.15, -0.1) is 0 Å². The molecule has 1 aromatic carbocycles. The van der Waals surface area contributed by atoms with E-state index in [9.17, 15) is 31.1 Å². The van der Waals surface area contributed by atoms with Crippen LogP contribution in [-0.2, 0) is 16.9 Å². The molecule has 192 valence electrons. The number of sulfone groups is 1. The third-order valence-electron chi connectivity index (χ3n) is 5.26. The number of aliphatic hydroxyl groups excluding tert-OH is 1. The lowest BCUT2D eigenvalue weighted by Crippen LogP contribution is -2.25. The Morgan fingerprint density at radius 1 is 1.22 bits per heavy atom. The first kappa shape index (κ1) is 25.4. The lowest BCUT2D eigenvalue weighted by atomic mass is 10.1. The van der Waals surface area contributed by atoms with E-state index in [1.54, 1.807) is 12.3 Å². The molecular weight excluding hydrogens is 508 g/mol. The number of nitrogens with zero attached hydrogens (tertiary/aromatic N) is 5. The zero-order chi connectivity index (χ0) is 26.0. The molecule has 4 aromatic rings. The zero-order valence-electron chi connectivity index (χ0n) is 18.6. The van der Waals surface area contributed by atoms with Crippen molar-refractivity contribution in [3.8, 4) is 17.0 Å². The van der Waals surface area contributed by atoms with Gasteiger partial charge in [-0.2, -0.15) is 19.0 Å². The Kier molecular flexibility index (Phi) is 7.12. The van der Waals surface area contributed by atoms with E-state index in [0.29, 0.717) is 11.2 Å². The van der Waals surface area contributed by atoms with Gasteiger partial charge in [0.25, 0.3) is 0 Å². The molecule has 0 radical (unpaired) electrons. The first-order valence-electron chi connectivity index (χ1n) is 10.4. The van der Waals surface area contributed by atoms with Crippen LogP contribution in [0.5, 0.6) is 5.75 Å². The SMILES string of the molecule is Cn1cc(NC(O)c2cnn3cccnc23)c(-c2cc(S(=O)(=O)C(CF)CF)ccc2OC(F)F)n1. The number of alkyl halides is 4. The number of nitrogens with one attached hydrogen (secondary N) is 1. The summed E-state index contributed by atoms with van der Waals surface area (Å²) in [5, 5.41) is 19.9. The van der Waals surface area contributed by atoms with Crippen LogP contribution in [0.1, 0.15) is 11.8 Å². The van der Waals surface area contributed by atoms with Gasteiger partial charge < -0.3 is 15.2 Å². The molecule has 0 fully saturated rings. The van der Waals surface area contributed by atoms with Gasteiger partial charge in [0.15, 0.2) is 21.7 Å². The molecule has 1 atom stereocenters. The first-order valence-corrected chi connectivity index (χ1v) is 11.9. The number of ether oxygens (including phenoxy) is 1. The van der Waals surface area contributed by atoms with Crippen LogP contribution in [0.25, 0.3) is 16.9 Å². The average Bonchev–Trinajstić information content (AvgIpc) is 3.42. The van der Waals surface area contributed by atoms with E-state index in [0.717, 1.165) is 18.2 Å². The standard InChI is InChI=1S/C21H20F4N6O4S/c1-30-11-16(28-20(32)15-10-27-31-6-2-5-26-19(15)31)18(29-30)14-7-12(3-4-17(14)35-21(24)25)36(33,34)13(8-22)9-23/h2-7,10-11,13,20-21,28,32H,8-9H2,1H3. The Morgan fingerprint density at radius 3 is 2.67 bits per heavy atom. The zero-order valence-corrected chi connectivity index (χ0v) is 19.4. The number of hydrogen-bond acceptors (Lipinski definition) is 8. The molecule has 1 unspecified atom stereocenters. The highest BCUT2D eigenvalue weighted by molar-refractivity contribution is 7.92. The maximum absolute atomic E-state index is 13.2. The van der Waals surface area contributed by atoms with Crippen LogP contribution in [-0.4, -0.2) is 63.1 Å². The smallest absolute Gasteiger partial charge is 0.387 e. The third-order valence-corrected chi connectivity index (χ3v) is 7.30. The summed E-state index contributed by atoms with van der Waals surface area (Å²) in [6.07, 6.45) is 4.54. The number of halogens is 4. The van der Waals surface area contributed by atoms with Gasteiger partial charge in [0.1, 0.15) is 30.0 Å². The van der Waals surface area contributed by atoms with Crippen molar-refractivity contribution in [2.24, 2.45) is 7.05 Å². The van der Waals surface area contributed by atoms with Gasteiger partial charge in [-0.05, 0) is 24.3 Å². The quantitative estimate of drug-likeness (QED) is 0.238. The van der Waals surface area contributed by atoms with Crippen molar-refractivity contribution in [3.05, 3.63) is 54.6 Å². The largest absolute Gasteiger partial charge is 0.434 e. The van der Waals surface area contributed by atoms with Crippen LogP contribution in [0.4, 0.5) is 23.2 Å². The van der Waals surface area contributed by atoms with Crippen molar-refractivity contribution in [2.75, 3.05) is 18.7 Å². The highest BCUT2D eigenvalue weighted by Gasteiger charge is 2.30. The number of fused-ring (bicyclic) bond motifs is 1. The Hall–Kier alpha value is -3.72. The second kappa shape index (κ2) is 10.1. The predicted octanol–water partition coefficient (Wildman–Crippen LogP) is 2.92. The Balaban J connectivity index is 1.79. The summed E-state index contributed by atoms with van der Waals surface area (Å²) in [7, 11) is -2.97. The summed E-state index contributed by atoms with van der Waals surface area (Å²) in [6, 6.07) is 4.46. The highest BCUT2D eigenvalue weighted by Crippen LogP contribution is 2.38. The number of aromatic nitrogens is 5. The van der Waals surface area contributed by atoms with Crippen LogP contribution in [0.15, 0.2) is 53.9 Å². The van der Waals surface area contributed by atoms with Gasteiger partial charge in [0.2, 0.25) is 0 Å². The summed E-state index contributed by atoms with van der Waals surface area (Å²) >= 11 is 0. The molecule has 4 rings (SSSR count). The molecule has 0 bridgehead atoms. The first-order chi connectivity index (χ1) is 17.1.